The summed E-state index contributed by atoms with van der Waals surface area (Å²) in [6, 6.07) is 25.2. The molecule has 0 atom stereocenters. The number of carboxylic acids is 1. The van der Waals surface area contributed by atoms with Gasteiger partial charge in [0.2, 0.25) is 5.91 Å². The lowest BCUT2D eigenvalue weighted by Gasteiger charge is -2.20. The van der Waals surface area contributed by atoms with E-state index in [1.807, 2.05) is 30.3 Å². The van der Waals surface area contributed by atoms with E-state index in [0.717, 1.165) is 11.3 Å². The standard InChI is InChI=1S/C14H11Cl2NO2.C14H9Cl2NO.2CH4/c15-10-5-3-6-11(16)14(10)17-12-7-2-1-4-9(12)8-13(18)19;15-10-5-3-6-11(16)14(10)17-12-7-2-1-4-9(12)8-13(17)18;;/h1-7,17H,8H2,(H,18,19);1-7H,8H2;2*1H4. The molecule has 0 unspecified atom stereocenters. The van der Waals surface area contributed by atoms with Crippen molar-refractivity contribution < 1.29 is 14.7 Å². The van der Waals surface area contributed by atoms with Crippen LogP contribution in [0.3, 0.4) is 0 Å². The van der Waals surface area contributed by atoms with Crippen LogP contribution in [0.4, 0.5) is 22.7 Å². The molecule has 0 saturated carbocycles. The van der Waals surface area contributed by atoms with Crippen LogP contribution in [-0.4, -0.2) is 17.0 Å². The smallest absolute Gasteiger partial charge is 0.307 e. The molecule has 0 aromatic heterocycles. The Morgan fingerprint density at radius 3 is 1.92 bits per heavy atom. The van der Waals surface area contributed by atoms with Gasteiger partial charge in [-0.2, -0.15) is 0 Å². The van der Waals surface area contributed by atoms with E-state index in [1.54, 1.807) is 59.5 Å². The number of hydrogen-bond acceptors (Lipinski definition) is 3. The van der Waals surface area contributed by atoms with Crippen LogP contribution in [0.25, 0.3) is 0 Å². The highest BCUT2D eigenvalue weighted by molar-refractivity contribution is 6.40. The molecule has 0 fully saturated rings. The van der Waals surface area contributed by atoms with Crippen LogP contribution < -0.4 is 10.2 Å². The Morgan fingerprint density at radius 2 is 1.31 bits per heavy atom. The second kappa shape index (κ2) is 14.2. The molecular weight excluding hydrogens is 578 g/mol. The van der Waals surface area contributed by atoms with E-state index in [2.05, 4.69) is 5.32 Å². The van der Waals surface area contributed by atoms with Crippen LogP contribution in [-0.2, 0) is 22.4 Å². The fraction of sp³-hybridized carbons (Fsp3) is 0.133. The lowest BCUT2D eigenvalue weighted by atomic mass is 10.1. The normalized spacial score (nSPS) is 11.4. The lowest BCUT2D eigenvalue weighted by Crippen LogP contribution is -2.21. The number of benzene rings is 4. The first-order valence-corrected chi connectivity index (χ1v) is 12.6. The Morgan fingerprint density at radius 1 is 0.769 bits per heavy atom. The number of nitrogens with zero attached hydrogens (tertiary/aromatic N) is 1. The minimum Gasteiger partial charge on any atom is -0.481 e. The van der Waals surface area contributed by atoms with E-state index in [1.165, 1.54) is 0 Å². The number of carboxylic acid groups (broad SMARTS) is 1. The van der Waals surface area contributed by atoms with Crippen molar-refractivity contribution in [2.45, 2.75) is 27.7 Å². The zero-order chi connectivity index (χ0) is 26.5. The van der Waals surface area contributed by atoms with E-state index >= 15 is 0 Å². The van der Waals surface area contributed by atoms with E-state index in [9.17, 15) is 9.59 Å². The maximum absolute atomic E-state index is 12.1. The number of aliphatic carboxylic acids is 1. The predicted octanol–water partition coefficient (Wildman–Crippen LogP) is 9.85. The van der Waals surface area contributed by atoms with Crippen LogP contribution in [0.5, 0.6) is 0 Å². The number of nitrogens with one attached hydrogen (secondary N) is 1. The summed E-state index contributed by atoms with van der Waals surface area (Å²) in [4.78, 5) is 24.6. The second-order valence-electron chi connectivity index (χ2n) is 8.05. The first-order chi connectivity index (χ1) is 17.8. The Kier molecular flexibility index (Phi) is 11.7. The molecule has 0 radical (unpaired) electrons. The van der Waals surface area contributed by atoms with Crippen molar-refractivity contribution in [3.63, 3.8) is 0 Å². The van der Waals surface area contributed by atoms with Crippen LogP contribution in [0.1, 0.15) is 26.0 Å². The van der Waals surface area contributed by atoms with Crippen molar-refractivity contribution in [1.29, 1.82) is 0 Å². The molecule has 2 N–H and O–H groups in total. The SMILES string of the molecule is C.C.O=C(O)Cc1ccccc1Nc1c(Cl)cccc1Cl.O=C1Cc2ccccc2N1c1c(Cl)cccc1Cl. The summed E-state index contributed by atoms with van der Waals surface area (Å²) in [5.74, 6) is -0.897. The van der Waals surface area contributed by atoms with Gasteiger partial charge < -0.3 is 10.4 Å². The van der Waals surface area contributed by atoms with Crippen molar-refractivity contribution in [3.8, 4) is 0 Å². The Balaban J connectivity index is 0.000000260. The summed E-state index contributed by atoms with van der Waals surface area (Å²) in [5, 5.41) is 13.9. The summed E-state index contributed by atoms with van der Waals surface area (Å²) in [6.45, 7) is 0. The van der Waals surface area contributed by atoms with E-state index in [4.69, 9.17) is 51.5 Å². The fourth-order valence-electron chi connectivity index (χ4n) is 3.91. The molecule has 5 rings (SSSR count). The topological polar surface area (TPSA) is 69.6 Å². The highest BCUT2D eigenvalue weighted by atomic mass is 35.5. The molecule has 0 saturated heterocycles. The number of rotatable bonds is 5. The van der Waals surface area contributed by atoms with E-state index in [-0.39, 0.29) is 27.2 Å². The average Bonchev–Trinajstić information content (AvgIpc) is 3.18. The highest BCUT2D eigenvalue weighted by Gasteiger charge is 2.30. The first kappa shape index (κ1) is 32.0. The minimum atomic E-state index is -0.889. The monoisotopic (exact) mass is 604 g/mol. The maximum Gasteiger partial charge on any atom is 0.307 e. The van der Waals surface area contributed by atoms with Crippen LogP contribution in [0.15, 0.2) is 84.9 Å². The molecule has 204 valence electrons. The molecule has 0 spiro atoms. The van der Waals surface area contributed by atoms with Crippen LogP contribution >= 0.6 is 46.4 Å². The molecule has 39 heavy (non-hydrogen) atoms. The van der Waals surface area contributed by atoms with Gasteiger partial charge in [-0.25, -0.2) is 0 Å². The van der Waals surface area contributed by atoms with Crippen molar-refractivity contribution in [2.24, 2.45) is 0 Å². The van der Waals surface area contributed by atoms with Gasteiger partial charge in [0.15, 0.2) is 0 Å². The Labute approximate surface area is 248 Å². The van der Waals surface area contributed by atoms with Gasteiger partial charge in [0.1, 0.15) is 0 Å². The van der Waals surface area contributed by atoms with Gasteiger partial charge in [0.25, 0.3) is 0 Å². The molecule has 0 aliphatic carbocycles. The third-order valence-electron chi connectivity index (χ3n) is 5.57. The lowest BCUT2D eigenvalue weighted by molar-refractivity contribution is -0.136. The summed E-state index contributed by atoms with van der Waals surface area (Å²) in [6.07, 6.45) is 0.322. The minimum absolute atomic E-state index is 0. The Bertz CT molecular complexity index is 1440. The van der Waals surface area contributed by atoms with Crippen LogP contribution in [0.2, 0.25) is 20.1 Å². The predicted molar refractivity (Wildman–Crippen MR) is 165 cm³/mol. The summed E-state index contributed by atoms with van der Waals surface area (Å²) < 4.78 is 0. The number of hydrogen-bond donors (Lipinski definition) is 2. The van der Waals surface area contributed by atoms with Crippen LogP contribution in [0, 0.1) is 0 Å². The van der Waals surface area contributed by atoms with Gasteiger partial charge in [-0.1, -0.05) is 110 Å². The molecule has 9 heteroatoms. The van der Waals surface area contributed by atoms with Gasteiger partial charge in [-0.05, 0) is 47.5 Å². The molecule has 4 aromatic carbocycles. The van der Waals surface area contributed by atoms with Crippen molar-refractivity contribution in [1.82, 2.24) is 0 Å². The van der Waals surface area contributed by atoms with Crippen molar-refractivity contribution in [3.05, 3.63) is 116 Å². The summed E-state index contributed by atoms with van der Waals surface area (Å²) in [5.41, 5.74) is 4.35. The van der Waals surface area contributed by atoms with Gasteiger partial charge >= 0.3 is 5.97 Å². The number of carbonyl (C=O) groups excluding carboxylic acids is 1. The molecule has 1 heterocycles. The maximum atomic E-state index is 12.1. The van der Waals surface area contributed by atoms with E-state index < -0.39 is 5.97 Å². The number of amides is 1. The molecule has 4 aromatic rings. The van der Waals surface area contributed by atoms with Crippen molar-refractivity contribution in [2.75, 3.05) is 10.2 Å². The molecule has 0 bridgehead atoms. The number of anilines is 4. The van der Waals surface area contributed by atoms with Gasteiger partial charge in [-0.3, -0.25) is 14.5 Å². The zero-order valence-corrected chi connectivity index (χ0v) is 22.2. The first-order valence-electron chi connectivity index (χ1n) is 11.1. The van der Waals surface area contributed by atoms with Gasteiger partial charge in [0.05, 0.1) is 50.0 Å². The quantitative estimate of drug-likeness (QED) is 0.237. The summed E-state index contributed by atoms with van der Waals surface area (Å²) >= 11 is 24.5. The molecule has 5 nitrogen and oxygen atoms in total. The Hall–Kier alpha value is -3.22. The largest absolute Gasteiger partial charge is 0.481 e. The zero-order valence-electron chi connectivity index (χ0n) is 19.2. The fourth-order valence-corrected chi connectivity index (χ4v) is 4.97. The number of para-hydroxylation sites is 4. The van der Waals surface area contributed by atoms with Gasteiger partial charge in [-0.15, -0.1) is 0 Å². The molecular formula is C30H28Cl4N2O3. The third-order valence-corrected chi connectivity index (χ3v) is 6.81. The number of halogens is 4. The van der Waals surface area contributed by atoms with E-state index in [0.29, 0.717) is 49.1 Å². The molecule has 1 aliphatic heterocycles. The van der Waals surface area contributed by atoms with Gasteiger partial charge in [0, 0.05) is 5.69 Å². The second-order valence-corrected chi connectivity index (χ2v) is 9.68. The molecule has 1 aliphatic rings. The highest BCUT2D eigenvalue weighted by Crippen LogP contribution is 2.42. The third kappa shape index (κ3) is 7.46. The number of carbonyl (C=O) groups is 2. The van der Waals surface area contributed by atoms with Crippen molar-refractivity contribution >= 4 is 81.0 Å². The average molecular weight is 606 g/mol. The number of fused-ring (bicyclic) bond motifs is 1. The summed E-state index contributed by atoms with van der Waals surface area (Å²) in [7, 11) is 0. The molecule has 1 amide bonds.